The van der Waals surface area contributed by atoms with Crippen molar-refractivity contribution in [3.8, 4) is 0 Å². The summed E-state index contributed by atoms with van der Waals surface area (Å²) in [5.74, 6) is -0.738. The highest BCUT2D eigenvalue weighted by Gasteiger charge is 2.25. The van der Waals surface area contributed by atoms with Gasteiger partial charge in [-0.15, -0.1) is 0 Å². The van der Waals surface area contributed by atoms with E-state index in [-0.39, 0.29) is 11.8 Å². The summed E-state index contributed by atoms with van der Waals surface area (Å²) < 4.78 is 13.2. The fourth-order valence-electron chi connectivity index (χ4n) is 3.75. The number of nitrogens with one attached hydrogen (secondary N) is 1. The number of nitrogens with zero attached hydrogens (tertiary/aromatic N) is 2. The number of benzene rings is 3. The highest BCUT2D eigenvalue weighted by molar-refractivity contribution is 6.34. The minimum absolute atomic E-state index is 0.00800. The summed E-state index contributed by atoms with van der Waals surface area (Å²) in [4.78, 5) is 29.4. The monoisotopic (exact) mass is 451 g/mol. The normalized spacial score (nSPS) is 13.7. The molecule has 1 aliphatic rings. The summed E-state index contributed by atoms with van der Waals surface area (Å²) in [5, 5.41) is 3.40. The Morgan fingerprint density at radius 1 is 0.875 bits per heavy atom. The zero-order valence-electron chi connectivity index (χ0n) is 17.6. The van der Waals surface area contributed by atoms with Gasteiger partial charge in [-0.05, 0) is 55.5 Å². The van der Waals surface area contributed by atoms with Gasteiger partial charge in [-0.25, -0.2) is 4.39 Å². The summed E-state index contributed by atoms with van der Waals surface area (Å²) in [7, 11) is 0. The van der Waals surface area contributed by atoms with Crippen LogP contribution in [0.25, 0.3) is 0 Å². The summed E-state index contributed by atoms with van der Waals surface area (Å²) in [6, 6.07) is 18.3. The Morgan fingerprint density at radius 3 is 2.16 bits per heavy atom. The summed E-state index contributed by atoms with van der Waals surface area (Å²) in [6.45, 7) is 4.25. The molecule has 3 aromatic rings. The molecule has 5 nitrogen and oxygen atoms in total. The Labute approximate surface area is 191 Å². The van der Waals surface area contributed by atoms with Crippen LogP contribution in [-0.4, -0.2) is 42.9 Å². The number of piperazine rings is 1. The van der Waals surface area contributed by atoms with E-state index in [2.05, 4.69) is 10.2 Å². The lowest BCUT2D eigenvalue weighted by molar-refractivity contribution is 0.0746. The molecule has 0 saturated carbocycles. The lowest BCUT2D eigenvalue weighted by Gasteiger charge is -2.37. The predicted molar refractivity (Wildman–Crippen MR) is 125 cm³/mol. The fraction of sp³-hybridized carbons (Fsp3) is 0.200. The molecule has 7 heteroatoms. The van der Waals surface area contributed by atoms with Crippen LogP contribution in [-0.2, 0) is 0 Å². The van der Waals surface area contributed by atoms with Crippen molar-refractivity contribution in [3.63, 3.8) is 0 Å². The number of carbonyl (C=O) groups excluding carboxylic acids is 2. The van der Waals surface area contributed by atoms with Crippen molar-refractivity contribution < 1.29 is 14.0 Å². The van der Waals surface area contributed by atoms with E-state index < -0.39 is 5.82 Å². The standard InChI is InChI=1S/C25H23ClFN3O2/c1-17-5-7-19(8-6-17)25(32)30-15-13-29(14-16-30)23-21(26)3-2-4-22(23)28-24(31)18-9-11-20(27)12-10-18/h2-12H,13-16H2,1H3,(H,28,31). The van der Waals surface area contributed by atoms with Gasteiger partial charge in [0.1, 0.15) is 5.82 Å². The van der Waals surface area contributed by atoms with Crippen LogP contribution < -0.4 is 10.2 Å². The predicted octanol–water partition coefficient (Wildman–Crippen LogP) is 5.00. The first kappa shape index (κ1) is 21.8. The molecule has 1 heterocycles. The first-order valence-electron chi connectivity index (χ1n) is 10.4. The molecular formula is C25H23ClFN3O2. The van der Waals surface area contributed by atoms with E-state index in [1.54, 1.807) is 18.2 Å². The Morgan fingerprint density at radius 2 is 1.50 bits per heavy atom. The van der Waals surface area contributed by atoms with E-state index in [0.29, 0.717) is 53.7 Å². The minimum Gasteiger partial charge on any atom is -0.365 e. The maximum absolute atomic E-state index is 13.2. The van der Waals surface area contributed by atoms with Crippen LogP contribution in [0.1, 0.15) is 26.3 Å². The zero-order valence-corrected chi connectivity index (χ0v) is 18.4. The third-order valence-corrected chi connectivity index (χ3v) is 5.83. The fourth-order valence-corrected chi connectivity index (χ4v) is 4.04. The third kappa shape index (κ3) is 4.75. The Kier molecular flexibility index (Phi) is 6.42. The van der Waals surface area contributed by atoms with E-state index >= 15 is 0 Å². The number of hydrogen-bond donors (Lipinski definition) is 1. The molecule has 0 spiro atoms. The topological polar surface area (TPSA) is 52.7 Å². The molecule has 0 unspecified atom stereocenters. The van der Waals surface area contributed by atoms with Crippen molar-refractivity contribution in [2.75, 3.05) is 36.4 Å². The summed E-state index contributed by atoms with van der Waals surface area (Å²) in [5.41, 5.74) is 3.43. The lowest BCUT2D eigenvalue weighted by Crippen LogP contribution is -2.49. The molecule has 3 aromatic carbocycles. The van der Waals surface area contributed by atoms with Gasteiger partial charge in [0.2, 0.25) is 0 Å². The molecule has 1 saturated heterocycles. The number of anilines is 2. The average molecular weight is 452 g/mol. The van der Waals surface area contributed by atoms with Crippen LogP contribution in [0.15, 0.2) is 66.7 Å². The molecule has 1 N–H and O–H groups in total. The minimum atomic E-state index is -0.400. The van der Waals surface area contributed by atoms with Crippen molar-refractivity contribution in [1.82, 2.24) is 4.90 Å². The number of halogens is 2. The highest BCUT2D eigenvalue weighted by atomic mass is 35.5. The van der Waals surface area contributed by atoms with E-state index in [0.717, 1.165) is 5.56 Å². The van der Waals surface area contributed by atoms with Crippen LogP contribution in [0.5, 0.6) is 0 Å². The van der Waals surface area contributed by atoms with Gasteiger partial charge in [-0.2, -0.15) is 0 Å². The van der Waals surface area contributed by atoms with Crippen LogP contribution in [0.4, 0.5) is 15.8 Å². The number of rotatable bonds is 4. The SMILES string of the molecule is Cc1ccc(C(=O)N2CCN(c3c(Cl)cccc3NC(=O)c3ccc(F)cc3)CC2)cc1. The summed E-state index contributed by atoms with van der Waals surface area (Å²) >= 11 is 6.50. The van der Waals surface area contributed by atoms with Gasteiger partial charge in [0.25, 0.3) is 11.8 Å². The van der Waals surface area contributed by atoms with Gasteiger partial charge < -0.3 is 15.1 Å². The molecule has 0 radical (unpaired) electrons. The average Bonchev–Trinajstić information content (AvgIpc) is 2.80. The molecule has 0 bridgehead atoms. The number of carbonyl (C=O) groups is 2. The Balaban J connectivity index is 1.47. The van der Waals surface area contributed by atoms with Gasteiger partial charge >= 0.3 is 0 Å². The number of amides is 2. The molecule has 2 amide bonds. The Hall–Kier alpha value is -3.38. The summed E-state index contributed by atoms with van der Waals surface area (Å²) in [6.07, 6.45) is 0. The number of aryl methyl sites for hydroxylation is 1. The lowest BCUT2D eigenvalue weighted by atomic mass is 10.1. The molecule has 4 rings (SSSR count). The smallest absolute Gasteiger partial charge is 0.255 e. The second-order valence-electron chi connectivity index (χ2n) is 7.74. The van der Waals surface area contributed by atoms with Gasteiger partial charge in [0, 0.05) is 37.3 Å². The largest absolute Gasteiger partial charge is 0.365 e. The van der Waals surface area contributed by atoms with Crippen molar-refractivity contribution >= 4 is 34.8 Å². The van der Waals surface area contributed by atoms with E-state index in [1.165, 1.54) is 24.3 Å². The quantitative estimate of drug-likeness (QED) is 0.607. The van der Waals surface area contributed by atoms with Crippen molar-refractivity contribution in [1.29, 1.82) is 0 Å². The molecule has 0 aromatic heterocycles. The maximum Gasteiger partial charge on any atom is 0.255 e. The van der Waals surface area contributed by atoms with Gasteiger partial charge in [-0.3, -0.25) is 9.59 Å². The number of para-hydroxylation sites is 1. The highest BCUT2D eigenvalue weighted by Crippen LogP contribution is 2.35. The van der Waals surface area contributed by atoms with Crippen LogP contribution in [0.3, 0.4) is 0 Å². The van der Waals surface area contributed by atoms with Crippen LogP contribution in [0.2, 0.25) is 5.02 Å². The number of hydrogen-bond acceptors (Lipinski definition) is 3. The maximum atomic E-state index is 13.2. The van der Waals surface area contributed by atoms with Crippen LogP contribution in [0, 0.1) is 12.7 Å². The van der Waals surface area contributed by atoms with Gasteiger partial charge in [0.05, 0.1) is 16.4 Å². The molecule has 0 atom stereocenters. The van der Waals surface area contributed by atoms with Gasteiger partial charge in [0.15, 0.2) is 0 Å². The Bertz CT molecular complexity index is 1120. The van der Waals surface area contributed by atoms with Crippen molar-refractivity contribution in [2.45, 2.75) is 6.92 Å². The molecule has 1 aliphatic heterocycles. The second kappa shape index (κ2) is 9.40. The van der Waals surface area contributed by atoms with E-state index in [9.17, 15) is 14.0 Å². The second-order valence-corrected chi connectivity index (χ2v) is 8.15. The molecule has 0 aliphatic carbocycles. The molecule has 164 valence electrons. The van der Waals surface area contributed by atoms with E-state index in [4.69, 9.17) is 11.6 Å². The van der Waals surface area contributed by atoms with Crippen molar-refractivity contribution in [2.24, 2.45) is 0 Å². The van der Waals surface area contributed by atoms with E-state index in [1.807, 2.05) is 36.1 Å². The molecule has 32 heavy (non-hydrogen) atoms. The van der Waals surface area contributed by atoms with Crippen LogP contribution >= 0.6 is 11.6 Å². The van der Waals surface area contributed by atoms with Gasteiger partial charge in [-0.1, -0.05) is 35.4 Å². The first-order chi connectivity index (χ1) is 15.4. The molecular weight excluding hydrogens is 429 g/mol. The van der Waals surface area contributed by atoms with Crippen molar-refractivity contribution in [3.05, 3.63) is 94.3 Å². The third-order valence-electron chi connectivity index (χ3n) is 5.52. The molecule has 1 fully saturated rings. The zero-order chi connectivity index (χ0) is 22.7. The first-order valence-corrected chi connectivity index (χ1v) is 10.8.